The van der Waals surface area contributed by atoms with Gasteiger partial charge in [-0.05, 0) is 43.0 Å². The SMILES string of the molecule is CSc1ccc(C(C)Nc2c(F)cccc2Cl)cc1. The third-order valence-corrected chi connectivity index (χ3v) is 4.00. The van der Waals surface area contributed by atoms with E-state index in [0.29, 0.717) is 10.7 Å². The highest BCUT2D eigenvalue weighted by molar-refractivity contribution is 7.98. The minimum absolute atomic E-state index is 0.00898. The van der Waals surface area contributed by atoms with Crippen LogP contribution < -0.4 is 5.32 Å². The number of para-hydroxylation sites is 1. The summed E-state index contributed by atoms with van der Waals surface area (Å²) in [6.07, 6.45) is 2.04. The summed E-state index contributed by atoms with van der Waals surface area (Å²) in [6, 6.07) is 12.9. The number of benzene rings is 2. The molecule has 4 heteroatoms. The second kappa shape index (κ2) is 6.31. The van der Waals surface area contributed by atoms with E-state index in [1.807, 2.05) is 25.3 Å². The average Bonchev–Trinajstić information content (AvgIpc) is 2.43. The van der Waals surface area contributed by atoms with E-state index in [0.717, 1.165) is 5.56 Å². The molecule has 0 aliphatic heterocycles. The van der Waals surface area contributed by atoms with Crippen molar-refractivity contribution in [1.82, 2.24) is 0 Å². The summed E-state index contributed by atoms with van der Waals surface area (Å²) in [6.45, 7) is 1.98. The zero-order chi connectivity index (χ0) is 13.8. The Bertz CT molecular complexity index is 536. The molecule has 1 N–H and O–H groups in total. The molecule has 1 nitrogen and oxygen atoms in total. The van der Waals surface area contributed by atoms with Crippen LogP contribution in [-0.2, 0) is 0 Å². The van der Waals surface area contributed by atoms with Crippen molar-refractivity contribution in [3.8, 4) is 0 Å². The zero-order valence-corrected chi connectivity index (χ0v) is 12.4. The molecule has 2 aromatic rings. The Hall–Kier alpha value is -1.19. The number of rotatable bonds is 4. The Morgan fingerprint density at radius 2 is 1.84 bits per heavy atom. The second-order valence-electron chi connectivity index (χ2n) is 4.24. The van der Waals surface area contributed by atoms with Crippen molar-refractivity contribution in [3.05, 3.63) is 58.9 Å². The van der Waals surface area contributed by atoms with Gasteiger partial charge >= 0.3 is 0 Å². The van der Waals surface area contributed by atoms with E-state index in [1.54, 1.807) is 23.9 Å². The van der Waals surface area contributed by atoms with Crippen LogP contribution in [0.5, 0.6) is 0 Å². The van der Waals surface area contributed by atoms with Crippen LogP contribution in [0.25, 0.3) is 0 Å². The van der Waals surface area contributed by atoms with Crippen molar-refractivity contribution < 1.29 is 4.39 Å². The monoisotopic (exact) mass is 295 g/mol. The van der Waals surface area contributed by atoms with E-state index in [4.69, 9.17) is 11.6 Å². The first-order chi connectivity index (χ1) is 9.11. The fourth-order valence-corrected chi connectivity index (χ4v) is 2.45. The molecule has 1 unspecified atom stereocenters. The lowest BCUT2D eigenvalue weighted by Gasteiger charge is -2.17. The molecule has 0 fully saturated rings. The van der Waals surface area contributed by atoms with Gasteiger partial charge in [0.05, 0.1) is 10.7 Å². The van der Waals surface area contributed by atoms with E-state index in [2.05, 4.69) is 17.4 Å². The Balaban J connectivity index is 2.18. The highest BCUT2D eigenvalue weighted by atomic mass is 35.5. The van der Waals surface area contributed by atoms with E-state index in [1.165, 1.54) is 11.0 Å². The lowest BCUT2D eigenvalue weighted by molar-refractivity contribution is 0.627. The summed E-state index contributed by atoms with van der Waals surface area (Å²) in [7, 11) is 0. The maximum Gasteiger partial charge on any atom is 0.147 e. The molecule has 1 atom stereocenters. The molecule has 0 aromatic heterocycles. The molecule has 0 amide bonds. The van der Waals surface area contributed by atoms with Crippen molar-refractivity contribution in [1.29, 1.82) is 0 Å². The Labute approximate surface area is 122 Å². The summed E-state index contributed by atoms with van der Waals surface area (Å²) in [5, 5.41) is 3.51. The molecule has 0 radical (unpaired) electrons. The quantitative estimate of drug-likeness (QED) is 0.761. The van der Waals surface area contributed by atoms with E-state index in [9.17, 15) is 4.39 Å². The smallest absolute Gasteiger partial charge is 0.147 e. The molecular formula is C15H15ClFNS. The number of anilines is 1. The van der Waals surface area contributed by atoms with Crippen LogP contribution >= 0.6 is 23.4 Å². The second-order valence-corrected chi connectivity index (χ2v) is 5.52. The Morgan fingerprint density at radius 3 is 2.42 bits per heavy atom. The molecule has 0 saturated heterocycles. The van der Waals surface area contributed by atoms with Gasteiger partial charge in [0.2, 0.25) is 0 Å². The minimum Gasteiger partial charge on any atom is -0.375 e. The Kier molecular flexibility index (Phi) is 4.72. The molecule has 0 heterocycles. The van der Waals surface area contributed by atoms with Gasteiger partial charge in [-0.3, -0.25) is 0 Å². The molecule has 0 bridgehead atoms. The largest absolute Gasteiger partial charge is 0.375 e. The number of hydrogen-bond donors (Lipinski definition) is 1. The van der Waals surface area contributed by atoms with E-state index in [-0.39, 0.29) is 11.9 Å². The van der Waals surface area contributed by atoms with Crippen molar-refractivity contribution in [2.45, 2.75) is 17.9 Å². The number of thioether (sulfide) groups is 1. The first-order valence-electron chi connectivity index (χ1n) is 5.96. The van der Waals surface area contributed by atoms with E-state index >= 15 is 0 Å². The van der Waals surface area contributed by atoms with Crippen molar-refractivity contribution >= 4 is 29.1 Å². The molecule has 19 heavy (non-hydrogen) atoms. The minimum atomic E-state index is -0.333. The van der Waals surface area contributed by atoms with Gasteiger partial charge in [-0.2, -0.15) is 0 Å². The molecule has 2 rings (SSSR count). The van der Waals surface area contributed by atoms with Crippen LogP contribution in [0.2, 0.25) is 5.02 Å². The van der Waals surface area contributed by atoms with Crippen LogP contribution in [-0.4, -0.2) is 6.26 Å². The van der Waals surface area contributed by atoms with Crippen LogP contribution in [0.15, 0.2) is 47.4 Å². The fourth-order valence-electron chi connectivity index (χ4n) is 1.83. The lowest BCUT2D eigenvalue weighted by atomic mass is 10.1. The van der Waals surface area contributed by atoms with Crippen molar-refractivity contribution in [2.24, 2.45) is 0 Å². The topological polar surface area (TPSA) is 12.0 Å². The van der Waals surface area contributed by atoms with E-state index < -0.39 is 0 Å². The molecule has 0 spiro atoms. The Morgan fingerprint density at radius 1 is 1.16 bits per heavy atom. The van der Waals surface area contributed by atoms with Crippen molar-refractivity contribution in [2.75, 3.05) is 11.6 Å². The van der Waals surface area contributed by atoms with Crippen LogP contribution in [0.4, 0.5) is 10.1 Å². The first kappa shape index (κ1) is 14.2. The summed E-state index contributed by atoms with van der Waals surface area (Å²) in [5.74, 6) is -0.333. The van der Waals surface area contributed by atoms with Gasteiger partial charge in [-0.1, -0.05) is 29.8 Å². The molecule has 0 saturated carbocycles. The average molecular weight is 296 g/mol. The number of hydrogen-bond acceptors (Lipinski definition) is 2. The first-order valence-corrected chi connectivity index (χ1v) is 7.56. The zero-order valence-electron chi connectivity index (χ0n) is 10.8. The predicted octanol–water partition coefficient (Wildman–Crippen LogP) is 5.37. The van der Waals surface area contributed by atoms with Gasteiger partial charge in [0.25, 0.3) is 0 Å². The lowest BCUT2D eigenvalue weighted by Crippen LogP contribution is -2.08. The van der Waals surface area contributed by atoms with Crippen molar-refractivity contribution in [3.63, 3.8) is 0 Å². The summed E-state index contributed by atoms with van der Waals surface area (Å²) < 4.78 is 13.7. The maximum absolute atomic E-state index is 13.7. The van der Waals surface area contributed by atoms with Gasteiger partial charge in [0, 0.05) is 10.9 Å². The van der Waals surface area contributed by atoms with Gasteiger partial charge in [-0.15, -0.1) is 11.8 Å². The number of nitrogens with one attached hydrogen (secondary N) is 1. The molecule has 0 aliphatic rings. The molecule has 100 valence electrons. The molecular weight excluding hydrogens is 281 g/mol. The summed E-state index contributed by atoms with van der Waals surface area (Å²) in [5.41, 5.74) is 1.45. The molecule has 2 aromatic carbocycles. The summed E-state index contributed by atoms with van der Waals surface area (Å²) in [4.78, 5) is 1.21. The van der Waals surface area contributed by atoms with Gasteiger partial charge in [0.15, 0.2) is 0 Å². The maximum atomic E-state index is 13.7. The summed E-state index contributed by atoms with van der Waals surface area (Å²) >= 11 is 7.70. The fraction of sp³-hybridized carbons (Fsp3) is 0.200. The highest BCUT2D eigenvalue weighted by Crippen LogP contribution is 2.29. The standard InChI is InChI=1S/C15H15ClFNS/c1-10(11-6-8-12(19-2)9-7-11)18-15-13(16)4-3-5-14(15)17/h3-10,18H,1-2H3. The van der Waals surface area contributed by atoms with Gasteiger partial charge in [-0.25, -0.2) is 4.39 Å². The normalized spacial score (nSPS) is 12.2. The number of halogens is 2. The third-order valence-electron chi connectivity index (χ3n) is 2.94. The van der Waals surface area contributed by atoms with Gasteiger partial charge < -0.3 is 5.32 Å². The highest BCUT2D eigenvalue weighted by Gasteiger charge is 2.11. The third kappa shape index (κ3) is 3.43. The molecule has 0 aliphatic carbocycles. The van der Waals surface area contributed by atoms with Crippen LogP contribution in [0.3, 0.4) is 0 Å². The van der Waals surface area contributed by atoms with Crippen LogP contribution in [0, 0.1) is 5.82 Å². The van der Waals surface area contributed by atoms with Crippen LogP contribution in [0.1, 0.15) is 18.5 Å². The van der Waals surface area contributed by atoms with Gasteiger partial charge in [0.1, 0.15) is 5.82 Å². The predicted molar refractivity (Wildman–Crippen MR) is 81.7 cm³/mol.